The van der Waals surface area contributed by atoms with Gasteiger partial charge in [-0.1, -0.05) is 42.5 Å². The molecule has 0 aliphatic heterocycles. The maximum Gasteiger partial charge on any atom is 0.482 e. The number of non-ortho nitro benzene ring substituents is 1. The summed E-state index contributed by atoms with van der Waals surface area (Å²) in [6.45, 7) is 0. The molecule has 10 nitrogen and oxygen atoms in total. The number of carbonyl (C=O) groups is 2. The molecule has 11 heteroatoms. The Bertz CT molecular complexity index is 1680. The van der Waals surface area contributed by atoms with Gasteiger partial charge in [0.15, 0.2) is 5.78 Å². The van der Waals surface area contributed by atoms with Crippen molar-refractivity contribution in [2.75, 3.05) is 0 Å². The lowest BCUT2D eigenvalue weighted by Gasteiger charge is -2.09. The van der Waals surface area contributed by atoms with E-state index in [0.29, 0.717) is 38.9 Å². The van der Waals surface area contributed by atoms with Crippen molar-refractivity contribution < 1.29 is 29.5 Å². The van der Waals surface area contributed by atoms with Crippen molar-refractivity contribution in [1.29, 1.82) is 0 Å². The summed E-state index contributed by atoms with van der Waals surface area (Å²) in [5.41, 5.74) is 3.45. The highest BCUT2D eigenvalue weighted by molar-refractivity contribution is 6.25. The van der Waals surface area contributed by atoms with Crippen LogP contribution in [0.4, 0.5) is 11.4 Å². The Morgan fingerprint density at radius 1 is 0.595 bits per heavy atom. The average molecular weight is 493 g/mol. The second kappa shape index (κ2) is 8.90. The minimum absolute atomic E-state index is 0. The number of ketones is 2. The molecular formula is C26H14BN2O8. The first-order valence-corrected chi connectivity index (χ1v) is 10.8. The van der Waals surface area contributed by atoms with Crippen molar-refractivity contribution >= 4 is 30.6 Å². The van der Waals surface area contributed by atoms with Crippen LogP contribution in [0, 0.1) is 20.2 Å². The molecule has 4 aromatic rings. The molecule has 0 fully saturated rings. The molecule has 0 saturated heterocycles. The van der Waals surface area contributed by atoms with Crippen LogP contribution in [0.1, 0.15) is 31.8 Å². The average Bonchev–Trinajstić information content (AvgIpc) is 3.34. The lowest BCUT2D eigenvalue weighted by atomic mass is 9.93. The lowest BCUT2D eigenvalue weighted by molar-refractivity contribution is -0.384. The molecule has 0 heterocycles. The van der Waals surface area contributed by atoms with Crippen LogP contribution in [0.3, 0.4) is 0 Å². The first-order valence-electron chi connectivity index (χ1n) is 10.8. The fourth-order valence-electron chi connectivity index (χ4n) is 4.87. The maximum absolute atomic E-state index is 13.1. The van der Waals surface area contributed by atoms with Crippen molar-refractivity contribution in [3.05, 3.63) is 115 Å². The van der Waals surface area contributed by atoms with Gasteiger partial charge in [-0.15, -0.1) is 0 Å². The van der Waals surface area contributed by atoms with Gasteiger partial charge in [0.2, 0.25) is 5.78 Å². The van der Waals surface area contributed by atoms with Crippen molar-refractivity contribution in [1.82, 2.24) is 0 Å². The summed E-state index contributed by atoms with van der Waals surface area (Å²) in [6.07, 6.45) is 0. The van der Waals surface area contributed by atoms with E-state index in [1.54, 1.807) is 54.6 Å². The zero-order valence-corrected chi connectivity index (χ0v) is 18.7. The molecule has 2 aliphatic carbocycles. The standard InChI is InChI=1S/C26H12N2O6.BH2O2/c29-25-21-11-13(5-7-17(21)18-8-6-14(27(31)32)12-22(18)25)15-9-10-19-16-3-1-2-4-20(16)26(30)23(19)24(15)28(33)34;2-1-3/h1-12H;2-3H. The van der Waals surface area contributed by atoms with E-state index in [1.165, 1.54) is 18.2 Å². The minimum atomic E-state index is -0.565. The normalized spacial score (nSPS) is 12.1. The summed E-state index contributed by atoms with van der Waals surface area (Å²) in [5.74, 6) is -0.793. The number of carbonyl (C=O) groups excluding carboxylic acids is 2. The summed E-state index contributed by atoms with van der Waals surface area (Å²) in [4.78, 5) is 48.2. The van der Waals surface area contributed by atoms with E-state index in [0.717, 1.165) is 0 Å². The lowest BCUT2D eigenvalue weighted by Crippen LogP contribution is -2.03. The molecular weight excluding hydrogens is 479 g/mol. The topological polar surface area (TPSA) is 161 Å². The predicted molar refractivity (Wildman–Crippen MR) is 133 cm³/mol. The molecule has 0 atom stereocenters. The zero-order valence-electron chi connectivity index (χ0n) is 18.7. The van der Waals surface area contributed by atoms with Crippen molar-refractivity contribution in [2.24, 2.45) is 0 Å². The Morgan fingerprint density at radius 2 is 1.14 bits per heavy atom. The van der Waals surface area contributed by atoms with E-state index < -0.39 is 15.6 Å². The first-order chi connectivity index (χ1) is 17.8. The minimum Gasteiger partial charge on any atom is -0.429 e. The molecule has 0 amide bonds. The van der Waals surface area contributed by atoms with Gasteiger partial charge in [0.25, 0.3) is 11.4 Å². The molecule has 179 valence electrons. The van der Waals surface area contributed by atoms with Gasteiger partial charge in [-0.3, -0.25) is 29.8 Å². The smallest absolute Gasteiger partial charge is 0.429 e. The molecule has 0 bridgehead atoms. The van der Waals surface area contributed by atoms with Crippen LogP contribution in [0.25, 0.3) is 33.4 Å². The maximum atomic E-state index is 13.1. The number of fused-ring (bicyclic) bond motifs is 6. The third kappa shape index (κ3) is 3.61. The molecule has 0 unspecified atom stereocenters. The summed E-state index contributed by atoms with van der Waals surface area (Å²) in [7, 11) is 0. The molecule has 0 aromatic heterocycles. The number of nitro benzene ring substituents is 2. The molecule has 37 heavy (non-hydrogen) atoms. The van der Waals surface area contributed by atoms with E-state index in [2.05, 4.69) is 0 Å². The van der Waals surface area contributed by atoms with E-state index >= 15 is 0 Å². The highest BCUT2D eigenvalue weighted by Gasteiger charge is 2.37. The number of hydrogen-bond acceptors (Lipinski definition) is 8. The first kappa shape index (κ1) is 23.7. The van der Waals surface area contributed by atoms with Gasteiger partial charge in [0, 0.05) is 34.4 Å². The van der Waals surface area contributed by atoms with Gasteiger partial charge >= 0.3 is 7.69 Å². The molecule has 1 radical (unpaired) electrons. The van der Waals surface area contributed by atoms with Crippen LogP contribution >= 0.6 is 0 Å². The Morgan fingerprint density at radius 3 is 1.78 bits per heavy atom. The van der Waals surface area contributed by atoms with E-state index in [9.17, 15) is 29.8 Å². The fourth-order valence-corrected chi connectivity index (χ4v) is 4.87. The number of hydrogen-bond donors (Lipinski definition) is 2. The van der Waals surface area contributed by atoms with Gasteiger partial charge in [-0.05, 0) is 40.5 Å². The summed E-state index contributed by atoms with van der Waals surface area (Å²) in [6, 6.07) is 19.2. The predicted octanol–water partition coefficient (Wildman–Crippen LogP) is 4.10. The van der Waals surface area contributed by atoms with Crippen LogP contribution in [-0.4, -0.2) is 39.1 Å². The Balaban J connectivity index is 0.000000892. The Hall–Kier alpha value is -5.00. The number of benzene rings is 4. The second-order valence-electron chi connectivity index (χ2n) is 8.21. The fraction of sp³-hybridized carbons (Fsp3) is 0. The van der Waals surface area contributed by atoms with Gasteiger partial charge in [-0.2, -0.15) is 0 Å². The van der Waals surface area contributed by atoms with Crippen LogP contribution in [0.2, 0.25) is 0 Å². The highest BCUT2D eigenvalue weighted by Crippen LogP contribution is 2.46. The zero-order chi connectivity index (χ0) is 26.4. The highest BCUT2D eigenvalue weighted by atomic mass is 16.6. The second-order valence-corrected chi connectivity index (χ2v) is 8.21. The van der Waals surface area contributed by atoms with E-state index in [-0.39, 0.29) is 41.5 Å². The molecule has 4 aromatic carbocycles. The molecule has 2 aliphatic rings. The monoisotopic (exact) mass is 493 g/mol. The summed E-state index contributed by atoms with van der Waals surface area (Å²) in [5, 5.41) is 37.3. The van der Waals surface area contributed by atoms with Gasteiger partial charge in [0.05, 0.1) is 15.4 Å². The third-order valence-corrected chi connectivity index (χ3v) is 6.37. The van der Waals surface area contributed by atoms with Gasteiger partial charge < -0.3 is 10.0 Å². The molecule has 6 rings (SSSR count). The Kier molecular flexibility index (Phi) is 5.71. The van der Waals surface area contributed by atoms with Crippen molar-refractivity contribution in [3.63, 3.8) is 0 Å². The summed E-state index contributed by atoms with van der Waals surface area (Å²) >= 11 is 0. The van der Waals surface area contributed by atoms with Crippen molar-refractivity contribution in [3.8, 4) is 33.4 Å². The number of nitro groups is 2. The van der Waals surface area contributed by atoms with Crippen molar-refractivity contribution in [2.45, 2.75) is 0 Å². The van der Waals surface area contributed by atoms with Crippen LogP contribution in [0.5, 0.6) is 0 Å². The summed E-state index contributed by atoms with van der Waals surface area (Å²) < 4.78 is 0. The van der Waals surface area contributed by atoms with E-state index in [1.807, 2.05) is 0 Å². The van der Waals surface area contributed by atoms with Crippen LogP contribution < -0.4 is 0 Å². The molecule has 2 N–H and O–H groups in total. The number of nitrogens with zero attached hydrogens (tertiary/aromatic N) is 2. The van der Waals surface area contributed by atoms with Gasteiger partial charge in [0.1, 0.15) is 5.56 Å². The van der Waals surface area contributed by atoms with Crippen LogP contribution in [0.15, 0.2) is 72.8 Å². The molecule has 0 spiro atoms. The largest absolute Gasteiger partial charge is 0.482 e. The number of rotatable bonds is 3. The SMILES string of the molecule is O=C1c2cc(-c3ccc4c(c3[N+](=O)[O-])C(=O)c3ccccc3-4)ccc2-c2ccc([N+](=O)[O-])cc21.O[B]O. The third-order valence-electron chi connectivity index (χ3n) is 6.37. The van der Waals surface area contributed by atoms with Crippen LogP contribution in [-0.2, 0) is 0 Å². The van der Waals surface area contributed by atoms with E-state index in [4.69, 9.17) is 10.0 Å². The van der Waals surface area contributed by atoms with Gasteiger partial charge in [-0.25, -0.2) is 0 Å². The molecule has 0 saturated carbocycles. The quantitative estimate of drug-likeness (QED) is 0.212. The Labute approximate surface area is 209 Å².